The third kappa shape index (κ3) is 3.60. The summed E-state index contributed by atoms with van der Waals surface area (Å²) in [6.45, 7) is 4.00. The van der Waals surface area contributed by atoms with Gasteiger partial charge in [0, 0.05) is 0 Å². The van der Waals surface area contributed by atoms with Crippen LogP contribution in [-0.2, 0) is 20.2 Å². The molecule has 0 saturated heterocycles. The average Bonchev–Trinajstić information content (AvgIpc) is 2.72. The van der Waals surface area contributed by atoms with Crippen molar-refractivity contribution in [2.24, 2.45) is 17.3 Å². The molecule has 5 nitrogen and oxygen atoms in total. The monoisotopic (exact) mass is 438 g/mol. The van der Waals surface area contributed by atoms with Crippen molar-refractivity contribution in [1.82, 2.24) is 10.3 Å². The number of hydrazine groups is 1. The maximum absolute atomic E-state index is 13.4. The number of nitrogens with one attached hydrogen (secondary N) is 2. The molecular weight excluding hydrogens is 408 g/mol. The summed E-state index contributed by atoms with van der Waals surface area (Å²) >= 11 is 0. The minimum Gasteiger partial charge on any atom is -0.277 e. The molecule has 0 radical (unpaired) electrons. The van der Waals surface area contributed by atoms with Crippen LogP contribution >= 0.6 is 0 Å². The highest BCUT2D eigenvalue weighted by molar-refractivity contribution is 7.89. The lowest BCUT2D eigenvalue weighted by Crippen LogP contribution is -2.60. The van der Waals surface area contributed by atoms with Crippen LogP contribution in [0, 0.1) is 31.1 Å². The molecular formula is C25H30N2O3S. The Morgan fingerprint density at radius 1 is 0.871 bits per heavy atom. The Balaban J connectivity index is 1.37. The predicted octanol–water partition coefficient (Wildman–Crippen LogP) is 4.15. The Bertz CT molecular complexity index is 1090. The van der Waals surface area contributed by atoms with Crippen LogP contribution in [0.5, 0.6) is 0 Å². The first kappa shape index (κ1) is 20.7. The average molecular weight is 439 g/mol. The number of amides is 1. The molecule has 2 N–H and O–H groups in total. The second-order valence-electron chi connectivity index (χ2n) is 10.3. The Labute approximate surface area is 184 Å². The second kappa shape index (κ2) is 7.17. The van der Waals surface area contributed by atoms with Gasteiger partial charge in [0.1, 0.15) is 0 Å². The Kier molecular flexibility index (Phi) is 4.79. The number of sulfonamides is 1. The molecule has 0 aromatic heterocycles. The third-order valence-corrected chi connectivity index (χ3v) is 9.10. The van der Waals surface area contributed by atoms with E-state index in [1.165, 1.54) is 17.5 Å². The van der Waals surface area contributed by atoms with Crippen molar-refractivity contribution < 1.29 is 13.2 Å². The van der Waals surface area contributed by atoms with Crippen LogP contribution in [0.4, 0.5) is 0 Å². The molecule has 4 bridgehead atoms. The molecule has 2 aromatic carbocycles. The van der Waals surface area contributed by atoms with Crippen molar-refractivity contribution in [3.05, 3.63) is 65.2 Å². The largest absolute Gasteiger partial charge is 0.277 e. The van der Waals surface area contributed by atoms with Crippen molar-refractivity contribution in [3.8, 4) is 0 Å². The number of benzene rings is 2. The minimum atomic E-state index is -3.80. The van der Waals surface area contributed by atoms with Crippen LogP contribution in [0.1, 0.15) is 55.2 Å². The zero-order valence-corrected chi connectivity index (χ0v) is 19.0. The van der Waals surface area contributed by atoms with Crippen molar-refractivity contribution >= 4 is 15.9 Å². The van der Waals surface area contributed by atoms with E-state index in [1.54, 1.807) is 24.3 Å². The van der Waals surface area contributed by atoms with E-state index in [4.69, 9.17) is 0 Å². The normalized spacial score (nSPS) is 31.5. The fourth-order valence-electron chi connectivity index (χ4n) is 6.80. The van der Waals surface area contributed by atoms with Gasteiger partial charge in [-0.2, -0.15) is 0 Å². The number of hydrogen-bond acceptors (Lipinski definition) is 3. The molecule has 4 aliphatic carbocycles. The molecule has 164 valence electrons. The molecule has 4 saturated carbocycles. The Morgan fingerprint density at radius 3 is 2.00 bits per heavy atom. The fourth-order valence-corrected chi connectivity index (χ4v) is 7.63. The SMILES string of the molecule is Cc1ccc(C23CC4CC(CC(C(=O)NNS(=O)(=O)c5ccc(C)cc5)(C4)C2)C3)cc1. The summed E-state index contributed by atoms with van der Waals surface area (Å²) in [4.78, 5) is 15.9. The van der Waals surface area contributed by atoms with Gasteiger partial charge < -0.3 is 0 Å². The summed E-state index contributed by atoms with van der Waals surface area (Å²) in [7, 11) is -3.80. The zero-order chi connectivity index (χ0) is 21.9. The second-order valence-corrected chi connectivity index (χ2v) is 11.9. The topological polar surface area (TPSA) is 75.3 Å². The number of carbonyl (C=O) groups is 1. The fraction of sp³-hybridized carbons (Fsp3) is 0.480. The van der Waals surface area contributed by atoms with Crippen LogP contribution in [0.2, 0.25) is 0 Å². The lowest BCUT2D eigenvalue weighted by atomic mass is 9.42. The lowest BCUT2D eigenvalue weighted by molar-refractivity contribution is -0.149. The molecule has 4 fully saturated rings. The first-order valence-electron chi connectivity index (χ1n) is 11.2. The molecule has 0 spiro atoms. The van der Waals surface area contributed by atoms with Crippen molar-refractivity contribution in [1.29, 1.82) is 0 Å². The molecule has 6 heteroatoms. The maximum atomic E-state index is 13.4. The summed E-state index contributed by atoms with van der Waals surface area (Å²) in [5.74, 6) is 0.887. The van der Waals surface area contributed by atoms with E-state index < -0.39 is 15.4 Å². The summed E-state index contributed by atoms with van der Waals surface area (Å²) < 4.78 is 25.3. The van der Waals surface area contributed by atoms with Crippen molar-refractivity contribution in [2.45, 2.75) is 62.7 Å². The molecule has 6 rings (SSSR count). The summed E-state index contributed by atoms with van der Waals surface area (Å²) in [6.07, 6.45) is 5.98. The van der Waals surface area contributed by atoms with Gasteiger partial charge in [-0.1, -0.05) is 47.5 Å². The summed E-state index contributed by atoms with van der Waals surface area (Å²) in [5.41, 5.74) is 5.70. The van der Waals surface area contributed by atoms with E-state index in [2.05, 4.69) is 41.4 Å². The highest BCUT2D eigenvalue weighted by atomic mass is 32.2. The van der Waals surface area contributed by atoms with E-state index in [9.17, 15) is 13.2 Å². The Hall–Kier alpha value is -2.18. The quantitative estimate of drug-likeness (QED) is 0.689. The number of hydrogen-bond donors (Lipinski definition) is 2. The van der Waals surface area contributed by atoms with Gasteiger partial charge in [0.05, 0.1) is 10.3 Å². The molecule has 31 heavy (non-hydrogen) atoms. The minimum absolute atomic E-state index is 0.0327. The number of rotatable bonds is 5. The molecule has 2 unspecified atom stereocenters. The molecule has 2 aromatic rings. The molecule has 1 amide bonds. The van der Waals surface area contributed by atoms with Crippen LogP contribution in [0.25, 0.3) is 0 Å². The van der Waals surface area contributed by atoms with E-state index in [-0.39, 0.29) is 16.2 Å². The van der Waals surface area contributed by atoms with Gasteiger partial charge in [-0.05, 0) is 87.3 Å². The van der Waals surface area contributed by atoms with Gasteiger partial charge in [0.25, 0.3) is 10.0 Å². The van der Waals surface area contributed by atoms with E-state index >= 15 is 0 Å². The van der Waals surface area contributed by atoms with Gasteiger partial charge >= 0.3 is 0 Å². The van der Waals surface area contributed by atoms with E-state index in [0.29, 0.717) is 11.8 Å². The zero-order valence-electron chi connectivity index (χ0n) is 18.1. The first-order chi connectivity index (χ1) is 14.7. The van der Waals surface area contributed by atoms with Crippen LogP contribution in [0.15, 0.2) is 53.4 Å². The molecule has 4 aliphatic rings. The highest BCUT2D eigenvalue weighted by Crippen LogP contribution is 2.65. The lowest BCUT2D eigenvalue weighted by Gasteiger charge is -2.61. The molecule has 0 aliphatic heterocycles. The van der Waals surface area contributed by atoms with Gasteiger partial charge in [-0.15, -0.1) is 4.83 Å². The maximum Gasteiger partial charge on any atom is 0.257 e. The van der Waals surface area contributed by atoms with Gasteiger partial charge in [0.2, 0.25) is 5.91 Å². The number of carbonyl (C=O) groups excluding carboxylic acids is 1. The standard InChI is InChI=1S/C25H30N2O3S/c1-17-3-7-21(8-4-17)24-12-19-11-20(13-24)15-25(14-19,16-24)23(28)26-27-31(29,30)22-9-5-18(2)6-10-22/h3-10,19-20,27H,11-16H2,1-2H3,(H,26,28). The van der Waals surface area contributed by atoms with Crippen molar-refractivity contribution in [3.63, 3.8) is 0 Å². The van der Waals surface area contributed by atoms with Crippen LogP contribution in [-0.4, -0.2) is 14.3 Å². The predicted molar refractivity (Wildman–Crippen MR) is 120 cm³/mol. The molecule has 0 heterocycles. The van der Waals surface area contributed by atoms with Gasteiger partial charge in [0.15, 0.2) is 0 Å². The van der Waals surface area contributed by atoms with Crippen LogP contribution < -0.4 is 10.3 Å². The smallest absolute Gasteiger partial charge is 0.257 e. The van der Waals surface area contributed by atoms with E-state index in [1.807, 2.05) is 6.92 Å². The Morgan fingerprint density at radius 2 is 1.42 bits per heavy atom. The highest BCUT2D eigenvalue weighted by Gasteiger charge is 2.61. The van der Waals surface area contributed by atoms with Crippen molar-refractivity contribution in [2.75, 3.05) is 0 Å². The van der Waals surface area contributed by atoms with Gasteiger partial charge in [-0.3, -0.25) is 10.2 Å². The summed E-state index contributed by atoms with van der Waals surface area (Å²) in [5, 5.41) is 0. The number of aryl methyl sites for hydroxylation is 2. The van der Waals surface area contributed by atoms with Crippen LogP contribution in [0.3, 0.4) is 0 Å². The summed E-state index contributed by atoms with van der Waals surface area (Å²) in [6, 6.07) is 15.4. The third-order valence-electron chi connectivity index (χ3n) is 7.84. The molecule has 2 atom stereocenters. The van der Waals surface area contributed by atoms with E-state index in [0.717, 1.165) is 37.7 Å². The first-order valence-corrected chi connectivity index (χ1v) is 12.6. The van der Waals surface area contributed by atoms with Gasteiger partial charge in [-0.25, -0.2) is 8.42 Å².